The molecule has 3 amide bonds. The molecule has 1 saturated heterocycles. The van der Waals surface area contributed by atoms with Gasteiger partial charge in [0.25, 0.3) is 0 Å². The lowest BCUT2D eigenvalue weighted by atomic mass is 10.2. The van der Waals surface area contributed by atoms with Crippen LogP contribution < -0.4 is 5.32 Å². The summed E-state index contributed by atoms with van der Waals surface area (Å²) in [7, 11) is 0. The van der Waals surface area contributed by atoms with Crippen molar-refractivity contribution in [3.8, 4) is 0 Å². The first-order valence-corrected chi connectivity index (χ1v) is 12.9. The first-order chi connectivity index (χ1) is 18.0. The molecule has 1 N–H and O–H groups in total. The van der Waals surface area contributed by atoms with Gasteiger partial charge in [-0.1, -0.05) is 34.1 Å². The van der Waals surface area contributed by atoms with E-state index in [9.17, 15) is 14.0 Å². The fourth-order valence-corrected chi connectivity index (χ4v) is 4.40. The molecule has 3 aromatic rings. The molecule has 196 valence electrons. The molecular weight excluding hydrogens is 543 g/mol. The molecule has 0 atom stereocenters. The smallest absolute Gasteiger partial charge is 0.322 e. The van der Waals surface area contributed by atoms with Crippen molar-refractivity contribution in [3.05, 3.63) is 88.5 Å². The zero-order valence-corrected chi connectivity index (χ0v) is 22.0. The molecule has 4 rings (SSSR count). The Balaban J connectivity index is 1.49. The topological polar surface area (TPSA) is 78.3 Å². The Bertz CT molecular complexity index is 1150. The summed E-state index contributed by atoms with van der Waals surface area (Å²) in [5.41, 5.74) is 1.40. The van der Waals surface area contributed by atoms with Crippen molar-refractivity contribution in [1.82, 2.24) is 14.7 Å². The number of morpholine rings is 1. The minimum atomic E-state index is -0.362. The SMILES string of the molecule is O=C(CN(CCN1CCOCC1)C(=O)Nc1cccc(Br)c1)N(Cc1ccc(F)cc1)Cc1ccco1. The van der Waals surface area contributed by atoms with E-state index >= 15 is 0 Å². The van der Waals surface area contributed by atoms with Crippen LogP contribution in [0.1, 0.15) is 11.3 Å². The van der Waals surface area contributed by atoms with Gasteiger partial charge < -0.3 is 24.3 Å². The van der Waals surface area contributed by atoms with Crippen molar-refractivity contribution in [2.24, 2.45) is 0 Å². The van der Waals surface area contributed by atoms with Crippen molar-refractivity contribution in [2.45, 2.75) is 13.1 Å². The maximum atomic E-state index is 13.6. The molecule has 0 saturated carbocycles. The van der Waals surface area contributed by atoms with Gasteiger partial charge in [-0.15, -0.1) is 0 Å². The second-order valence-electron chi connectivity index (χ2n) is 8.77. The number of anilines is 1. The van der Waals surface area contributed by atoms with Gasteiger partial charge in [0.05, 0.1) is 26.0 Å². The number of hydrogen-bond donors (Lipinski definition) is 1. The number of carbonyl (C=O) groups is 2. The number of carbonyl (C=O) groups excluding carboxylic acids is 2. The maximum Gasteiger partial charge on any atom is 0.322 e. The number of urea groups is 1. The average molecular weight is 573 g/mol. The number of hydrogen-bond acceptors (Lipinski definition) is 5. The Morgan fingerprint density at radius 1 is 1.00 bits per heavy atom. The predicted octanol–water partition coefficient (Wildman–Crippen LogP) is 4.58. The molecule has 0 radical (unpaired) electrons. The number of halogens is 2. The number of nitrogens with zero attached hydrogens (tertiary/aromatic N) is 3. The molecule has 1 aromatic heterocycles. The Kier molecular flexibility index (Phi) is 9.70. The van der Waals surface area contributed by atoms with Gasteiger partial charge in [0.15, 0.2) is 0 Å². The van der Waals surface area contributed by atoms with Gasteiger partial charge in [0.1, 0.15) is 18.1 Å². The average Bonchev–Trinajstić information content (AvgIpc) is 3.41. The quantitative estimate of drug-likeness (QED) is 0.385. The summed E-state index contributed by atoms with van der Waals surface area (Å²) < 4.78 is 25.2. The largest absolute Gasteiger partial charge is 0.467 e. The van der Waals surface area contributed by atoms with Crippen LogP contribution in [0, 0.1) is 5.82 Å². The van der Waals surface area contributed by atoms with E-state index < -0.39 is 0 Å². The van der Waals surface area contributed by atoms with Crippen LogP contribution >= 0.6 is 15.9 Å². The third-order valence-electron chi connectivity index (χ3n) is 6.05. The fraction of sp³-hybridized carbons (Fsp3) is 0.333. The van der Waals surface area contributed by atoms with E-state index in [4.69, 9.17) is 9.15 Å². The number of rotatable bonds is 10. The highest BCUT2D eigenvalue weighted by atomic mass is 79.9. The van der Waals surface area contributed by atoms with E-state index in [1.807, 2.05) is 12.1 Å². The summed E-state index contributed by atoms with van der Waals surface area (Å²) in [4.78, 5) is 32.2. The van der Waals surface area contributed by atoms with Gasteiger partial charge in [0.2, 0.25) is 5.91 Å². The number of nitrogens with one attached hydrogen (secondary N) is 1. The summed E-state index contributed by atoms with van der Waals surface area (Å²) in [6.45, 7) is 4.23. The maximum absolute atomic E-state index is 13.6. The van der Waals surface area contributed by atoms with E-state index in [0.717, 1.165) is 23.1 Å². The van der Waals surface area contributed by atoms with Crippen LogP contribution in [0.25, 0.3) is 0 Å². The summed E-state index contributed by atoms with van der Waals surface area (Å²) in [5, 5.41) is 2.90. The van der Waals surface area contributed by atoms with Gasteiger partial charge >= 0.3 is 6.03 Å². The lowest BCUT2D eigenvalue weighted by Crippen LogP contribution is -2.48. The van der Waals surface area contributed by atoms with Gasteiger partial charge in [-0.25, -0.2) is 9.18 Å². The van der Waals surface area contributed by atoms with Crippen LogP contribution in [-0.4, -0.2) is 72.6 Å². The molecule has 37 heavy (non-hydrogen) atoms. The molecule has 1 fully saturated rings. The Labute approximate surface area is 224 Å². The third-order valence-corrected chi connectivity index (χ3v) is 6.54. The minimum Gasteiger partial charge on any atom is -0.467 e. The summed E-state index contributed by atoms with van der Waals surface area (Å²) >= 11 is 3.42. The molecule has 10 heteroatoms. The number of benzene rings is 2. The molecule has 1 aliphatic heterocycles. The molecule has 8 nitrogen and oxygen atoms in total. The Hall–Kier alpha value is -3.21. The molecule has 2 aromatic carbocycles. The minimum absolute atomic E-state index is 0.119. The van der Waals surface area contributed by atoms with Gasteiger partial charge in [-0.05, 0) is 48.0 Å². The second kappa shape index (κ2) is 13.4. The van der Waals surface area contributed by atoms with Crippen LogP contribution in [0.5, 0.6) is 0 Å². The van der Waals surface area contributed by atoms with Crippen molar-refractivity contribution in [3.63, 3.8) is 0 Å². The molecule has 0 aliphatic carbocycles. The van der Waals surface area contributed by atoms with Crippen LogP contribution in [0.4, 0.5) is 14.9 Å². The van der Waals surface area contributed by atoms with Crippen molar-refractivity contribution >= 4 is 33.6 Å². The fourth-order valence-electron chi connectivity index (χ4n) is 4.00. The van der Waals surface area contributed by atoms with Crippen LogP contribution in [-0.2, 0) is 22.6 Å². The van der Waals surface area contributed by atoms with Crippen LogP contribution in [0.2, 0.25) is 0 Å². The molecular formula is C27H30BrFN4O4. The molecule has 2 heterocycles. The molecule has 0 spiro atoms. The van der Waals surface area contributed by atoms with Crippen molar-refractivity contribution < 1.29 is 23.1 Å². The lowest BCUT2D eigenvalue weighted by Gasteiger charge is -2.31. The van der Waals surface area contributed by atoms with E-state index in [0.29, 0.717) is 37.8 Å². The summed E-state index contributed by atoms with van der Waals surface area (Å²) in [6.07, 6.45) is 1.55. The van der Waals surface area contributed by atoms with Gasteiger partial charge in [-0.3, -0.25) is 9.69 Å². The zero-order valence-electron chi connectivity index (χ0n) is 20.4. The Morgan fingerprint density at radius 3 is 2.49 bits per heavy atom. The molecule has 1 aliphatic rings. The standard InChI is InChI=1S/C27H30BrFN4O4/c28-22-3-1-4-24(17-22)30-27(35)32(11-10-31-12-15-36-16-13-31)20-26(34)33(19-25-5-2-14-37-25)18-21-6-8-23(29)9-7-21/h1-9,14,17H,10-13,15-16,18-20H2,(H,30,35). The summed E-state index contributed by atoms with van der Waals surface area (Å²) in [5.74, 6) is 0.0344. The van der Waals surface area contributed by atoms with Crippen LogP contribution in [0.3, 0.4) is 0 Å². The van der Waals surface area contributed by atoms with E-state index in [-0.39, 0.29) is 37.4 Å². The monoisotopic (exact) mass is 572 g/mol. The zero-order chi connectivity index (χ0) is 26.0. The normalized spacial score (nSPS) is 13.8. The molecule has 0 bridgehead atoms. The third kappa shape index (κ3) is 8.41. The van der Waals surface area contributed by atoms with Crippen molar-refractivity contribution in [1.29, 1.82) is 0 Å². The van der Waals surface area contributed by atoms with E-state index in [2.05, 4.69) is 26.1 Å². The number of amides is 3. The number of ether oxygens (including phenoxy) is 1. The predicted molar refractivity (Wildman–Crippen MR) is 141 cm³/mol. The van der Waals surface area contributed by atoms with E-state index in [1.165, 1.54) is 17.0 Å². The van der Waals surface area contributed by atoms with Gasteiger partial charge in [0, 0.05) is 42.9 Å². The second-order valence-corrected chi connectivity index (χ2v) is 9.69. The first-order valence-electron chi connectivity index (χ1n) is 12.1. The van der Waals surface area contributed by atoms with Crippen molar-refractivity contribution in [2.75, 3.05) is 51.3 Å². The molecule has 0 unspecified atom stereocenters. The Morgan fingerprint density at radius 2 is 1.78 bits per heavy atom. The highest BCUT2D eigenvalue weighted by Gasteiger charge is 2.24. The first kappa shape index (κ1) is 26.8. The highest BCUT2D eigenvalue weighted by Crippen LogP contribution is 2.17. The number of furan rings is 1. The lowest BCUT2D eigenvalue weighted by molar-refractivity contribution is -0.133. The van der Waals surface area contributed by atoms with Gasteiger partial charge in [-0.2, -0.15) is 0 Å². The van der Waals surface area contributed by atoms with Crippen LogP contribution in [0.15, 0.2) is 75.8 Å². The van der Waals surface area contributed by atoms with E-state index in [1.54, 1.807) is 47.6 Å². The summed E-state index contributed by atoms with van der Waals surface area (Å²) in [6, 6.07) is 16.5. The highest BCUT2D eigenvalue weighted by molar-refractivity contribution is 9.10.